The molecule has 0 aromatic heterocycles. The number of anilines is 1. The number of benzene rings is 1. The first-order valence-electron chi connectivity index (χ1n) is 26.3. The Balaban J connectivity index is 0.968. The van der Waals surface area contributed by atoms with Crippen LogP contribution in [0.25, 0.3) is 0 Å². The van der Waals surface area contributed by atoms with Crippen molar-refractivity contribution in [2.24, 2.45) is 56.7 Å². The van der Waals surface area contributed by atoms with Gasteiger partial charge in [-0.2, -0.15) is 0 Å². The lowest BCUT2D eigenvalue weighted by atomic mass is 9.32. The Morgan fingerprint density at radius 1 is 0.657 bits per heavy atom. The molecule has 70 heavy (non-hydrogen) atoms. The summed E-state index contributed by atoms with van der Waals surface area (Å²) >= 11 is 0. The van der Waals surface area contributed by atoms with Gasteiger partial charge in [0.2, 0.25) is 5.91 Å². The molecule has 3 aliphatic heterocycles. The van der Waals surface area contributed by atoms with Crippen molar-refractivity contribution in [3.63, 3.8) is 0 Å². The maximum absolute atomic E-state index is 14.7. The molecule has 3 heterocycles. The second kappa shape index (κ2) is 19.2. The van der Waals surface area contributed by atoms with E-state index >= 15 is 0 Å². The summed E-state index contributed by atoms with van der Waals surface area (Å²) in [5.74, 6) is 1.66. The highest BCUT2D eigenvalue weighted by atomic mass is 16.8. The third kappa shape index (κ3) is 8.29. The smallest absolute Gasteiger partial charge is 0.230 e. The fourth-order valence-corrected chi connectivity index (χ4v) is 16.7. The fourth-order valence-electron chi connectivity index (χ4n) is 16.7. The number of ether oxygens (including phenoxy) is 6. The Hall–Kier alpha value is -2.13. The molecule has 25 atom stereocenters. The number of carbonyl (C=O) groups is 1. The zero-order chi connectivity index (χ0) is 50.6. The van der Waals surface area contributed by atoms with E-state index in [2.05, 4.69) is 53.4 Å². The lowest BCUT2D eigenvalue weighted by Gasteiger charge is -2.73. The largest absolute Gasteiger partial charge is 0.394 e. The fraction of sp³-hybridized carbons (Fsp3) is 0.833. The van der Waals surface area contributed by atoms with E-state index in [-0.39, 0.29) is 39.9 Å². The van der Waals surface area contributed by atoms with Crippen molar-refractivity contribution in [2.45, 2.75) is 218 Å². The Labute approximate surface area is 413 Å². The van der Waals surface area contributed by atoms with E-state index in [0.717, 1.165) is 63.5 Å². The van der Waals surface area contributed by atoms with Crippen LogP contribution in [0.4, 0.5) is 5.69 Å². The van der Waals surface area contributed by atoms with Crippen molar-refractivity contribution in [2.75, 3.05) is 11.9 Å². The highest BCUT2D eigenvalue weighted by molar-refractivity contribution is 5.96. The monoisotopic (exact) mass is 986 g/mol. The molecular weight excluding hydrogens is 903 g/mol. The van der Waals surface area contributed by atoms with Gasteiger partial charge in [-0.25, -0.2) is 0 Å². The molecule has 3 saturated heterocycles. The number of amides is 1. The summed E-state index contributed by atoms with van der Waals surface area (Å²) < 4.78 is 37.4. The van der Waals surface area contributed by atoms with Gasteiger partial charge >= 0.3 is 0 Å². The highest BCUT2D eigenvalue weighted by Crippen LogP contribution is 2.78. The summed E-state index contributed by atoms with van der Waals surface area (Å²) in [7, 11) is 0. The number of rotatable bonds is 10. The zero-order valence-electron chi connectivity index (χ0n) is 42.4. The third-order valence-corrected chi connectivity index (χ3v) is 20.8. The first kappa shape index (κ1) is 52.7. The highest BCUT2D eigenvalue weighted by Gasteiger charge is 2.72. The number of hydrogen-bond acceptors (Lipinski definition) is 15. The number of aliphatic hydroxyl groups excluding tert-OH is 8. The summed E-state index contributed by atoms with van der Waals surface area (Å²) in [6.07, 6.45) is -13.0. The maximum atomic E-state index is 14.7. The van der Waals surface area contributed by atoms with E-state index in [0.29, 0.717) is 18.3 Å². The average Bonchev–Trinajstić information content (AvgIpc) is 3.73. The normalized spacial score (nSPS) is 52.1. The van der Waals surface area contributed by atoms with Crippen molar-refractivity contribution in [1.29, 1.82) is 0 Å². The Morgan fingerprint density at radius 3 is 1.87 bits per heavy atom. The number of allylic oxidation sites excluding steroid dienone is 1. The predicted molar refractivity (Wildman–Crippen MR) is 255 cm³/mol. The number of nitrogens with one attached hydrogen (secondary N) is 1. The van der Waals surface area contributed by atoms with Crippen molar-refractivity contribution < 1.29 is 74.1 Å². The van der Waals surface area contributed by atoms with Crippen LogP contribution in [0, 0.1) is 56.7 Å². The lowest BCUT2D eigenvalue weighted by Crippen LogP contribution is -2.68. The van der Waals surface area contributed by atoms with Gasteiger partial charge in [-0.3, -0.25) is 4.79 Å². The van der Waals surface area contributed by atoms with Crippen LogP contribution in [0.2, 0.25) is 0 Å². The van der Waals surface area contributed by atoms with Crippen LogP contribution in [0.1, 0.15) is 120 Å². The quantitative estimate of drug-likeness (QED) is 0.118. The Morgan fingerprint density at radius 2 is 1.27 bits per heavy atom. The molecule has 1 aromatic rings. The number of aliphatic hydroxyl groups is 8. The van der Waals surface area contributed by atoms with Gasteiger partial charge in [0.25, 0.3) is 0 Å². The molecule has 0 radical (unpaired) electrons. The van der Waals surface area contributed by atoms with Gasteiger partial charge in [0.05, 0.1) is 30.3 Å². The van der Waals surface area contributed by atoms with Crippen molar-refractivity contribution in [1.82, 2.24) is 0 Å². The van der Waals surface area contributed by atoms with Crippen LogP contribution in [0.15, 0.2) is 42.5 Å². The van der Waals surface area contributed by atoms with E-state index in [1.807, 2.05) is 30.3 Å². The summed E-state index contributed by atoms with van der Waals surface area (Å²) in [5.41, 5.74) is 1.08. The van der Waals surface area contributed by atoms with Gasteiger partial charge in [-0.05, 0) is 148 Å². The first-order chi connectivity index (χ1) is 32.9. The molecular formula is C54H83NO15. The average molecular weight is 986 g/mol. The molecule has 9 rings (SSSR count). The van der Waals surface area contributed by atoms with Crippen LogP contribution >= 0.6 is 0 Å². The van der Waals surface area contributed by atoms with Crippen LogP contribution < -0.4 is 5.32 Å². The van der Waals surface area contributed by atoms with Gasteiger partial charge < -0.3 is 74.6 Å². The molecule has 8 fully saturated rings. The predicted octanol–water partition coefficient (Wildman–Crippen LogP) is 4.17. The number of carbonyl (C=O) groups excluding carboxylic acids is 1. The molecule has 16 nitrogen and oxygen atoms in total. The summed E-state index contributed by atoms with van der Waals surface area (Å²) in [5, 5.41) is 90.4. The molecule has 16 heteroatoms. The second-order valence-electron chi connectivity index (χ2n) is 24.4. The van der Waals surface area contributed by atoms with Crippen LogP contribution in [-0.2, 0) is 33.2 Å². The van der Waals surface area contributed by atoms with E-state index in [1.165, 1.54) is 19.4 Å². The Kier molecular flexibility index (Phi) is 14.5. The summed E-state index contributed by atoms with van der Waals surface area (Å²) in [6, 6.07) is 9.85. The van der Waals surface area contributed by atoms with Crippen LogP contribution in [-0.4, -0.2) is 152 Å². The van der Waals surface area contributed by atoms with E-state index < -0.39 is 116 Å². The van der Waals surface area contributed by atoms with Gasteiger partial charge in [-0.15, -0.1) is 0 Å². The van der Waals surface area contributed by atoms with Gasteiger partial charge in [0.1, 0.15) is 61.0 Å². The molecule has 8 aliphatic rings. The topological polar surface area (TPSA) is 246 Å². The standard InChI is InChI=1S/C54H83NO15/c1-26(2)30-17-22-54(49(64)55-29-13-11-10-12-14-29)24-23-52(8)31(36(30)54)15-16-34-51(7)20-19-35(50(5,6)33(51)18-21-53(34,52)9)68-48-45(70-47-42(62)40(60)38(58)28(4)66-47)43(63)44(32(25-56)67-48)69-46-41(61)39(59)37(57)27(3)65-46/h10-14,27-28,30-48,56-63H,1,15-25H2,2-9H3,(H,55,64)/t27-,28-,30-,31+,32+,33-,34+,35-,36+,37-,38-,39+,40+,41+,42+,43-,44+,45+,46-,47-,48-,51-,52+,53+,54-/m0/s1. The van der Waals surface area contributed by atoms with Crippen molar-refractivity contribution >= 4 is 11.6 Å². The van der Waals surface area contributed by atoms with Crippen LogP contribution in [0.3, 0.4) is 0 Å². The van der Waals surface area contributed by atoms with Crippen molar-refractivity contribution in [3.8, 4) is 0 Å². The van der Waals surface area contributed by atoms with E-state index in [4.69, 9.17) is 28.4 Å². The molecule has 0 unspecified atom stereocenters. The molecule has 1 aromatic carbocycles. The van der Waals surface area contributed by atoms with Crippen molar-refractivity contribution in [3.05, 3.63) is 42.5 Å². The number of para-hydroxylation sites is 1. The van der Waals surface area contributed by atoms with E-state index in [9.17, 15) is 45.6 Å². The minimum Gasteiger partial charge on any atom is -0.394 e. The molecule has 0 bridgehead atoms. The summed E-state index contributed by atoms with van der Waals surface area (Å²) in [6.45, 7) is 21.1. The first-order valence-corrected chi connectivity index (χ1v) is 26.3. The van der Waals surface area contributed by atoms with E-state index in [1.54, 1.807) is 0 Å². The van der Waals surface area contributed by atoms with Crippen LogP contribution in [0.5, 0.6) is 0 Å². The third-order valence-electron chi connectivity index (χ3n) is 20.8. The minimum absolute atomic E-state index is 0.00328. The maximum Gasteiger partial charge on any atom is 0.230 e. The molecule has 394 valence electrons. The lowest BCUT2D eigenvalue weighted by molar-refractivity contribution is -0.393. The van der Waals surface area contributed by atoms with Gasteiger partial charge in [0.15, 0.2) is 18.9 Å². The molecule has 9 N–H and O–H groups in total. The molecule has 5 aliphatic carbocycles. The SMILES string of the molecule is C=C(C)[C@@H]1CC[C@]2(C(=O)Nc3ccccc3)CC[C@]3(C)[C@H](CC[C@@H]4[C@@]5(C)CC[C@H](O[C@@H]6O[C@H](CO)[C@@H](O[C@@H]7O[C@@H](C)[C@H](O)[C@@H](O)[C@H]7O)[C@H](O)[C@H]6O[C@@H]6O[C@@H](C)[C@H](O)[C@@H](O)[C@H]6O)C(C)(C)[C@@H]5CC[C@]43C)[C@@H]12. The second-order valence-corrected chi connectivity index (χ2v) is 24.4. The molecule has 0 spiro atoms. The Bertz CT molecular complexity index is 2050. The number of fused-ring (bicyclic) bond motifs is 7. The van der Waals surface area contributed by atoms with Gasteiger partial charge in [-0.1, -0.05) is 65.0 Å². The minimum atomic E-state index is -1.73. The molecule has 1 amide bonds. The zero-order valence-corrected chi connectivity index (χ0v) is 42.4. The summed E-state index contributed by atoms with van der Waals surface area (Å²) in [4.78, 5) is 14.7. The van der Waals surface area contributed by atoms with Gasteiger partial charge in [0, 0.05) is 5.69 Å². The molecule has 5 saturated carbocycles. The number of hydrogen-bond donors (Lipinski definition) is 9.